The molecule has 0 unspecified atom stereocenters. The van der Waals surface area contributed by atoms with Gasteiger partial charge < -0.3 is 5.32 Å². The molecule has 126 valence electrons. The largest absolute Gasteiger partial charge is 0.319 e. The van der Waals surface area contributed by atoms with Crippen molar-refractivity contribution in [3.05, 3.63) is 70.1 Å². The monoisotopic (exact) mass is 354 g/mol. The number of rotatable bonds is 4. The first-order valence-corrected chi connectivity index (χ1v) is 8.12. The molecule has 0 saturated carbocycles. The second kappa shape index (κ2) is 7.51. The van der Waals surface area contributed by atoms with Crippen LogP contribution in [0.5, 0.6) is 0 Å². The van der Waals surface area contributed by atoms with E-state index in [2.05, 4.69) is 20.7 Å². The van der Waals surface area contributed by atoms with Gasteiger partial charge in [0.2, 0.25) is 11.1 Å². The molecule has 1 aromatic heterocycles. The Kier molecular flexibility index (Phi) is 4.97. The van der Waals surface area contributed by atoms with Crippen LogP contribution in [0.1, 0.15) is 0 Å². The van der Waals surface area contributed by atoms with Crippen molar-refractivity contribution in [3.63, 3.8) is 0 Å². The van der Waals surface area contributed by atoms with Crippen LogP contribution in [-0.2, 0) is 0 Å². The Labute approximate surface area is 147 Å². The van der Waals surface area contributed by atoms with Crippen LogP contribution in [0.15, 0.2) is 65.0 Å². The average molecular weight is 354 g/mol. The predicted octanol–water partition coefficient (Wildman–Crippen LogP) is 3.28. The minimum atomic E-state index is -0.479. The molecule has 3 rings (SSSR count). The van der Waals surface area contributed by atoms with E-state index in [-0.39, 0.29) is 17.3 Å². The van der Waals surface area contributed by atoms with Crippen molar-refractivity contribution in [3.8, 4) is 11.3 Å². The van der Waals surface area contributed by atoms with Crippen LogP contribution in [0.4, 0.5) is 16.5 Å². The van der Waals surface area contributed by atoms with Gasteiger partial charge in [0.05, 0.1) is 10.6 Å². The fourth-order valence-corrected chi connectivity index (χ4v) is 2.82. The molecule has 0 aliphatic carbocycles. The Morgan fingerprint density at radius 2 is 1.88 bits per heavy atom. The van der Waals surface area contributed by atoms with E-state index in [0.717, 1.165) is 11.3 Å². The molecule has 9 heteroatoms. The Morgan fingerprint density at radius 1 is 1.16 bits per heavy atom. The first-order valence-electron chi connectivity index (χ1n) is 7.24. The number of nitrogens with two attached hydrogens (primary N) is 1. The number of para-hydroxylation sites is 2. The molecular weight excluding hydrogens is 340 g/mol. The van der Waals surface area contributed by atoms with Gasteiger partial charge in [-0.05, 0) is 6.07 Å². The predicted molar refractivity (Wildman–Crippen MR) is 98.7 cm³/mol. The molecule has 0 spiro atoms. The highest BCUT2D eigenvalue weighted by Gasteiger charge is 2.14. The van der Waals surface area contributed by atoms with Crippen LogP contribution < -0.4 is 16.6 Å². The van der Waals surface area contributed by atoms with E-state index >= 15 is 0 Å². The average Bonchev–Trinajstić information content (AvgIpc) is 3.10. The molecule has 0 atom stereocenters. The zero-order valence-electron chi connectivity index (χ0n) is 12.9. The van der Waals surface area contributed by atoms with Gasteiger partial charge in [-0.3, -0.25) is 15.5 Å². The van der Waals surface area contributed by atoms with Crippen LogP contribution in [0.3, 0.4) is 0 Å². The SMILES string of the molecule is NN/C(=N\c1nc(-c2ccccc2)cs1)Nc1ccccc1[N+](=O)[O-]. The quantitative estimate of drug-likeness (QED) is 0.217. The molecule has 8 nitrogen and oxygen atoms in total. The summed E-state index contributed by atoms with van der Waals surface area (Å²) in [7, 11) is 0. The van der Waals surface area contributed by atoms with E-state index in [0.29, 0.717) is 5.13 Å². The summed E-state index contributed by atoms with van der Waals surface area (Å²) in [5.74, 6) is 5.63. The van der Waals surface area contributed by atoms with Crippen LogP contribution >= 0.6 is 11.3 Å². The Balaban J connectivity index is 1.85. The number of nitrogens with one attached hydrogen (secondary N) is 2. The van der Waals surface area contributed by atoms with Gasteiger partial charge in [0.15, 0.2) is 0 Å². The molecule has 3 aromatic rings. The summed E-state index contributed by atoms with van der Waals surface area (Å²) in [6.07, 6.45) is 0. The van der Waals surface area contributed by atoms with Gasteiger partial charge in [0.25, 0.3) is 5.69 Å². The normalized spacial score (nSPS) is 11.2. The van der Waals surface area contributed by atoms with Crippen molar-refractivity contribution < 1.29 is 4.92 Å². The molecule has 0 fully saturated rings. The topological polar surface area (TPSA) is 118 Å². The van der Waals surface area contributed by atoms with Gasteiger partial charge >= 0.3 is 0 Å². The lowest BCUT2D eigenvalue weighted by molar-refractivity contribution is -0.383. The van der Waals surface area contributed by atoms with Crippen LogP contribution in [0.2, 0.25) is 0 Å². The lowest BCUT2D eigenvalue weighted by Crippen LogP contribution is -2.36. The number of aliphatic imine (C=N–C) groups is 1. The summed E-state index contributed by atoms with van der Waals surface area (Å²) in [4.78, 5) is 19.3. The number of thiazole rings is 1. The molecule has 0 aliphatic rings. The zero-order valence-corrected chi connectivity index (χ0v) is 13.7. The molecule has 25 heavy (non-hydrogen) atoms. The fourth-order valence-electron chi connectivity index (χ4n) is 2.12. The minimum absolute atomic E-state index is 0.0745. The number of hydrogen-bond acceptors (Lipinski definition) is 6. The third-order valence-corrected chi connectivity index (χ3v) is 3.99. The van der Waals surface area contributed by atoms with E-state index in [1.54, 1.807) is 18.2 Å². The molecule has 0 amide bonds. The highest BCUT2D eigenvalue weighted by molar-refractivity contribution is 7.13. The number of aromatic nitrogens is 1. The first kappa shape index (κ1) is 16.6. The highest BCUT2D eigenvalue weighted by atomic mass is 32.1. The Bertz CT molecular complexity index is 910. The summed E-state index contributed by atoms with van der Waals surface area (Å²) >= 11 is 1.34. The Morgan fingerprint density at radius 3 is 2.60 bits per heavy atom. The van der Waals surface area contributed by atoms with E-state index < -0.39 is 4.92 Å². The van der Waals surface area contributed by atoms with Gasteiger partial charge in [0, 0.05) is 17.0 Å². The van der Waals surface area contributed by atoms with Crippen molar-refractivity contribution in [1.29, 1.82) is 0 Å². The number of nitro groups is 1. The molecule has 2 aromatic carbocycles. The molecule has 0 radical (unpaired) electrons. The first-order chi connectivity index (χ1) is 12.2. The van der Waals surface area contributed by atoms with Crippen LogP contribution in [-0.4, -0.2) is 15.9 Å². The second-order valence-electron chi connectivity index (χ2n) is 4.89. The minimum Gasteiger partial charge on any atom is -0.319 e. The smallest absolute Gasteiger partial charge is 0.292 e. The summed E-state index contributed by atoms with van der Waals surface area (Å²) in [5, 5.41) is 16.2. The fraction of sp³-hybridized carbons (Fsp3) is 0. The lowest BCUT2D eigenvalue weighted by atomic mass is 10.2. The van der Waals surface area contributed by atoms with E-state index in [1.807, 2.05) is 35.7 Å². The van der Waals surface area contributed by atoms with Gasteiger partial charge in [-0.25, -0.2) is 10.8 Å². The zero-order chi connectivity index (χ0) is 17.6. The molecule has 0 bridgehead atoms. The lowest BCUT2D eigenvalue weighted by Gasteiger charge is -2.08. The number of nitro benzene ring substituents is 1. The van der Waals surface area contributed by atoms with E-state index in [9.17, 15) is 10.1 Å². The Hall–Kier alpha value is -3.30. The summed E-state index contributed by atoms with van der Waals surface area (Å²) in [5.41, 5.74) is 4.38. The van der Waals surface area contributed by atoms with Crippen molar-refractivity contribution in [2.75, 3.05) is 5.32 Å². The van der Waals surface area contributed by atoms with Crippen molar-refractivity contribution in [1.82, 2.24) is 10.4 Å². The summed E-state index contributed by atoms with van der Waals surface area (Å²) in [6, 6.07) is 15.9. The van der Waals surface area contributed by atoms with Crippen LogP contribution in [0, 0.1) is 10.1 Å². The van der Waals surface area contributed by atoms with Gasteiger partial charge in [-0.2, -0.15) is 4.99 Å². The molecule has 4 N–H and O–H groups in total. The molecule has 0 saturated heterocycles. The van der Waals surface area contributed by atoms with Crippen molar-refractivity contribution in [2.24, 2.45) is 10.8 Å². The summed E-state index contributed by atoms with van der Waals surface area (Å²) < 4.78 is 0. The number of guanidine groups is 1. The van der Waals surface area contributed by atoms with E-state index in [1.165, 1.54) is 17.4 Å². The maximum atomic E-state index is 11.1. The number of hydrogen-bond donors (Lipinski definition) is 3. The van der Waals surface area contributed by atoms with Crippen molar-refractivity contribution in [2.45, 2.75) is 0 Å². The maximum absolute atomic E-state index is 11.1. The van der Waals surface area contributed by atoms with Gasteiger partial charge in [-0.1, -0.05) is 42.5 Å². The second-order valence-corrected chi connectivity index (χ2v) is 5.72. The molecule has 1 heterocycles. The van der Waals surface area contributed by atoms with Gasteiger partial charge in [-0.15, -0.1) is 11.3 Å². The standard InChI is InChI=1S/C16H14N6O2S/c17-21-15(18-12-8-4-5-9-14(12)22(23)24)20-16-19-13(10-25-16)11-6-2-1-3-7-11/h1-10H,17H2,(H2,18,19,20,21). The number of benzene rings is 2. The van der Waals surface area contributed by atoms with Crippen molar-refractivity contribution >= 4 is 33.8 Å². The summed E-state index contributed by atoms with van der Waals surface area (Å²) in [6.45, 7) is 0. The van der Waals surface area contributed by atoms with Crippen LogP contribution in [0.25, 0.3) is 11.3 Å². The highest BCUT2D eigenvalue weighted by Crippen LogP contribution is 2.27. The third-order valence-electron chi connectivity index (χ3n) is 3.26. The number of hydrazine groups is 1. The molecular formula is C16H14N6O2S. The van der Waals surface area contributed by atoms with Gasteiger partial charge in [0.1, 0.15) is 5.69 Å². The maximum Gasteiger partial charge on any atom is 0.292 e. The number of anilines is 1. The van der Waals surface area contributed by atoms with E-state index in [4.69, 9.17) is 5.84 Å². The third kappa shape index (κ3) is 3.97. The number of nitrogens with zero attached hydrogens (tertiary/aromatic N) is 3. The molecule has 0 aliphatic heterocycles.